The number of hydrogen-bond donors (Lipinski definition) is 2. The van der Waals surface area contributed by atoms with Crippen LogP contribution in [0, 0.1) is 11.3 Å². The van der Waals surface area contributed by atoms with Crippen molar-refractivity contribution in [3.8, 4) is 0 Å². The van der Waals surface area contributed by atoms with Gasteiger partial charge in [-0.25, -0.2) is 0 Å². The van der Waals surface area contributed by atoms with Crippen LogP contribution >= 0.6 is 0 Å². The molecule has 0 amide bonds. The van der Waals surface area contributed by atoms with Crippen molar-refractivity contribution in [3.05, 3.63) is 5.82 Å². The molecule has 0 bridgehead atoms. The Morgan fingerprint density at radius 2 is 2.33 bits per heavy atom. The van der Waals surface area contributed by atoms with E-state index in [9.17, 15) is 0 Å². The van der Waals surface area contributed by atoms with E-state index in [-0.39, 0.29) is 5.41 Å². The van der Waals surface area contributed by atoms with Gasteiger partial charge in [-0.3, -0.25) is 0 Å². The number of nitrogens with one attached hydrogen (secondary N) is 1. The zero-order valence-electron chi connectivity index (χ0n) is 7.28. The zero-order chi connectivity index (χ0) is 8.77. The van der Waals surface area contributed by atoms with Gasteiger partial charge in [0.1, 0.15) is 0 Å². The minimum Gasteiger partial charge on any atom is -0.330 e. The second-order valence-electron chi connectivity index (χ2n) is 3.91. The molecule has 0 aliphatic heterocycles. The summed E-state index contributed by atoms with van der Waals surface area (Å²) in [5.74, 6) is 1.70. The molecule has 3 N–H and O–H groups in total. The van der Waals surface area contributed by atoms with Crippen LogP contribution in [0.3, 0.4) is 0 Å². The smallest absolute Gasteiger partial charge is 0.178 e. The molecule has 1 saturated carbocycles. The molecule has 0 saturated heterocycles. The van der Waals surface area contributed by atoms with Gasteiger partial charge in [-0.1, -0.05) is 19.1 Å². The molecule has 2 rings (SSSR count). The van der Waals surface area contributed by atoms with E-state index in [4.69, 9.17) is 5.73 Å². The number of nitrogens with two attached hydrogens (primary N) is 1. The number of hydrogen-bond acceptors (Lipinski definition) is 4. The molecule has 66 valence electrons. The molecular weight excluding hydrogens is 154 g/mol. The van der Waals surface area contributed by atoms with Gasteiger partial charge in [0.05, 0.1) is 0 Å². The lowest BCUT2D eigenvalue weighted by Crippen LogP contribution is -2.05. The van der Waals surface area contributed by atoms with Crippen LogP contribution in [0.4, 0.5) is 0 Å². The van der Waals surface area contributed by atoms with E-state index in [2.05, 4.69) is 34.5 Å². The summed E-state index contributed by atoms with van der Waals surface area (Å²) in [5, 5.41) is 13.9. The predicted molar refractivity (Wildman–Crippen MR) is 43.2 cm³/mol. The Morgan fingerprint density at radius 3 is 2.75 bits per heavy atom. The third kappa shape index (κ3) is 0.859. The Labute approximate surface area is 70.7 Å². The van der Waals surface area contributed by atoms with Crippen molar-refractivity contribution < 1.29 is 0 Å². The first kappa shape index (κ1) is 7.67. The molecule has 1 heterocycles. The predicted octanol–water partition coefficient (Wildman–Crippen LogP) is -0.102. The molecule has 5 heteroatoms. The fraction of sp³-hybridized carbons (Fsp3) is 0.857. The van der Waals surface area contributed by atoms with Gasteiger partial charge in [-0.05, 0) is 17.9 Å². The molecule has 0 aromatic carbocycles. The minimum absolute atomic E-state index is 0.249. The average Bonchev–Trinajstić information content (AvgIpc) is 2.50. The number of rotatable bonds is 2. The molecule has 1 fully saturated rings. The summed E-state index contributed by atoms with van der Waals surface area (Å²) in [7, 11) is 0. The fourth-order valence-electron chi connectivity index (χ4n) is 2.00. The summed E-state index contributed by atoms with van der Waals surface area (Å²) in [5.41, 5.74) is 5.87. The number of nitrogens with zero attached hydrogens (tertiary/aromatic N) is 3. The van der Waals surface area contributed by atoms with Gasteiger partial charge >= 0.3 is 0 Å². The summed E-state index contributed by atoms with van der Waals surface area (Å²) in [6.07, 6.45) is 0. The first-order valence-corrected chi connectivity index (χ1v) is 4.11. The van der Waals surface area contributed by atoms with Gasteiger partial charge in [0.15, 0.2) is 5.82 Å². The Bertz CT molecular complexity index is 265. The highest BCUT2D eigenvalue weighted by atomic mass is 15.5. The molecule has 1 aromatic heterocycles. The molecule has 1 aliphatic rings. The van der Waals surface area contributed by atoms with Crippen molar-refractivity contribution in [1.82, 2.24) is 20.6 Å². The van der Waals surface area contributed by atoms with Gasteiger partial charge in [0.2, 0.25) is 0 Å². The summed E-state index contributed by atoms with van der Waals surface area (Å²) in [4.78, 5) is 0. The standard InChI is InChI=1S/C7H13N5/c1-7(2)4(3-8)5(7)6-9-11-12-10-6/h4-5H,3,8H2,1-2H3,(H,9,10,11,12)/t4-,5+/m0/s1. The number of aromatic nitrogens is 4. The van der Waals surface area contributed by atoms with Gasteiger partial charge < -0.3 is 5.73 Å². The van der Waals surface area contributed by atoms with Crippen LogP contribution in [0.2, 0.25) is 0 Å². The normalized spacial score (nSPS) is 31.9. The van der Waals surface area contributed by atoms with E-state index in [0.717, 1.165) is 5.82 Å². The lowest BCUT2D eigenvalue weighted by molar-refractivity contribution is 0.555. The Hall–Kier alpha value is -0.970. The lowest BCUT2D eigenvalue weighted by atomic mass is 10.1. The monoisotopic (exact) mass is 167 g/mol. The van der Waals surface area contributed by atoms with Gasteiger partial charge in [0.25, 0.3) is 0 Å². The van der Waals surface area contributed by atoms with E-state index in [1.54, 1.807) is 0 Å². The van der Waals surface area contributed by atoms with Crippen LogP contribution in [-0.4, -0.2) is 27.2 Å². The first-order valence-electron chi connectivity index (χ1n) is 4.11. The van der Waals surface area contributed by atoms with Crippen molar-refractivity contribution in [1.29, 1.82) is 0 Å². The van der Waals surface area contributed by atoms with Crippen LogP contribution in [-0.2, 0) is 0 Å². The molecule has 1 aliphatic carbocycles. The maximum Gasteiger partial charge on any atom is 0.178 e. The average molecular weight is 167 g/mol. The molecule has 0 unspecified atom stereocenters. The van der Waals surface area contributed by atoms with E-state index in [1.165, 1.54) is 0 Å². The SMILES string of the molecule is CC1(C)[C@@H](CN)[C@@H]1c1nn[nH]n1. The quantitative estimate of drug-likeness (QED) is 0.644. The minimum atomic E-state index is 0.249. The third-order valence-electron chi connectivity index (χ3n) is 2.94. The summed E-state index contributed by atoms with van der Waals surface area (Å²) in [6.45, 7) is 5.07. The first-order chi connectivity index (χ1) is 5.68. The number of H-pyrrole nitrogens is 1. The van der Waals surface area contributed by atoms with Crippen molar-refractivity contribution in [3.63, 3.8) is 0 Å². The van der Waals surface area contributed by atoms with Crippen molar-refractivity contribution in [2.75, 3.05) is 6.54 Å². The van der Waals surface area contributed by atoms with Crippen LogP contribution < -0.4 is 5.73 Å². The third-order valence-corrected chi connectivity index (χ3v) is 2.94. The zero-order valence-corrected chi connectivity index (χ0v) is 7.28. The summed E-state index contributed by atoms with van der Waals surface area (Å²) in [6, 6.07) is 0. The van der Waals surface area contributed by atoms with Crippen LogP contribution in [0.15, 0.2) is 0 Å². The maximum absolute atomic E-state index is 5.62. The van der Waals surface area contributed by atoms with Crippen molar-refractivity contribution in [2.24, 2.45) is 17.1 Å². The van der Waals surface area contributed by atoms with Crippen LogP contribution in [0.1, 0.15) is 25.6 Å². The van der Waals surface area contributed by atoms with Gasteiger partial charge in [-0.2, -0.15) is 5.21 Å². The molecule has 1 aromatic rings. The second-order valence-corrected chi connectivity index (χ2v) is 3.91. The molecule has 2 atom stereocenters. The van der Waals surface area contributed by atoms with Crippen LogP contribution in [0.5, 0.6) is 0 Å². The van der Waals surface area contributed by atoms with Gasteiger partial charge in [0, 0.05) is 5.92 Å². The fourth-order valence-corrected chi connectivity index (χ4v) is 2.00. The topological polar surface area (TPSA) is 80.5 Å². The van der Waals surface area contributed by atoms with Gasteiger partial charge in [-0.15, -0.1) is 10.2 Å². The highest BCUT2D eigenvalue weighted by Gasteiger charge is 2.59. The van der Waals surface area contributed by atoms with Crippen molar-refractivity contribution in [2.45, 2.75) is 19.8 Å². The van der Waals surface area contributed by atoms with Crippen LogP contribution in [0.25, 0.3) is 0 Å². The molecule has 0 spiro atoms. The highest BCUT2D eigenvalue weighted by Crippen LogP contribution is 2.62. The number of tetrazole rings is 1. The van der Waals surface area contributed by atoms with E-state index < -0.39 is 0 Å². The largest absolute Gasteiger partial charge is 0.330 e. The molecule has 5 nitrogen and oxygen atoms in total. The Balaban J connectivity index is 2.19. The number of aromatic amines is 1. The molecule has 0 radical (unpaired) electrons. The van der Waals surface area contributed by atoms with Crippen molar-refractivity contribution >= 4 is 0 Å². The molecule has 12 heavy (non-hydrogen) atoms. The Kier molecular flexibility index (Phi) is 1.44. The van der Waals surface area contributed by atoms with E-state index >= 15 is 0 Å². The highest BCUT2D eigenvalue weighted by molar-refractivity contribution is 5.19. The summed E-state index contributed by atoms with van der Waals surface area (Å²) >= 11 is 0. The second kappa shape index (κ2) is 2.26. The lowest BCUT2D eigenvalue weighted by Gasteiger charge is -1.97. The van der Waals surface area contributed by atoms with E-state index in [1.807, 2.05) is 0 Å². The summed E-state index contributed by atoms with van der Waals surface area (Å²) < 4.78 is 0. The molecular formula is C7H13N5. The Morgan fingerprint density at radius 1 is 1.58 bits per heavy atom. The maximum atomic E-state index is 5.62. The van der Waals surface area contributed by atoms with E-state index in [0.29, 0.717) is 18.4 Å².